The number of aryl methyl sites for hydroxylation is 1. The number of nitrogens with zero attached hydrogens (tertiary/aromatic N) is 3. The van der Waals surface area contributed by atoms with Crippen molar-refractivity contribution in [2.45, 2.75) is 39.2 Å². The van der Waals surface area contributed by atoms with E-state index in [4.69, 9.17) is 5.73 Å². The van der Waals surface area contributed by atoms with Crippen molar-refractivity contribution in [2.75, 3.05) is 30.4 Å². The van der Waals surface area contributed by atoms with E-state index in [1.807, 2.05) is 19.9 Å². The summed E-state index contributed by atoms with van der Waals surface area (Å²) in [5.41, 5.74) is 5.75. The topological polar surface area (TPSA) is 67.1 Å². The average Bonchev–Trinajstić information content (AvgIpc) is 2.30. The Kier molecular flexibility index (Phi) is 4.58. The minimum absolute atomic E-state index is 0.117. The molecule has 5 nitrogen and oxygen atoms in total. The van der Waals surface area contributed by atoms with Crippen LogP contribution in [0.1, 0.15) is 32.0 Å². The third-order valence-corrected chi connectivity index (χ3v) is 3.58. The summed E-state index contributed by atoms with van der Waals surface area (Å²) in [5.74, 6) is 3.48. The lowest BCUT2D eigenvalue weighted by Crippen LogP contribution is -2.30. The highest BCUT2D eigenvalue weighted by Crippen LogP contribution is 2.28. The zero-order valence-electron chi connectivity index (χ0n) is 12.2. The number of nitrogens with one attached hydrogen (secondary N) is 1. The minimum atomic E-state index is 0.117. The fraction of sp³-hybridized carbons (Fsp3) is 0.714. The van der Waals surface area contributed by atoms with E-state index in [0.717, 1.165) is 36.5 Å². The lowest BCUT2D eigenvalue weighted by atomic mass is 9.85. The predicted molar refractivity (Wildman–Crippen MR) is 79.5 cm³/mol. The summed E-state index contributed by atoms with van der Waals surface area (Å²) in [6.45, 7) is 5.72. The molecule has 3 N–H and O–H groups in total. The quantitative estimate of drug-likeness (QED) is 0.819. The molecule has 0 spiro atoms. The van der Waals surface area contributed by atoms with Crippen LogP contribution in [0.25, 0.3) is 0 Å². The van der Waals surface area contributed by atoms with Crippen LogP contribution in [0.15, 0.2) is 6.07 Å². The highest BCUT2D eigenvalue weighted by molar-refractivity contribution is 5.49. The van der Waals surface area contributed by atoms with Crippen molar-refractivity contribution < 1.29 is 0 Å². The Bertz CT molecular complexity index is 414. The van der Waals surface area contributed by atoms with E-state index in [1.165, 1.54) is 19.3 Å². The number of aromatic nitrogens is 2. The maximum absolute atomic E-state index is 5.75. The van der Waals surface area contributed by atoms with E-state index in [1.54, 1.807) is 0 Å². The molecule has 0 aliphatic heterocycles. The molecule has 1 unspecified atom stereocenters. The molecular weight excluding hydrogens is 238 g/mol. The number of hydrogen-bond acceptors (Lipinski definition) is 5. The summed E-state index contributed by atoms with van der Waals surface area (Å²) in [6, 6.07) is 2.13. The largest absolute Gasteiger partial charge is 0.368 e. The first-order chi connectivity index (χ1) is 9.04. The SMILES string of the molecule is Cc1nc(NCC(C)N)cc(N(C)CC2CCC2)n1. The van der Waals surface area contributed by atoms with Crippen molar-refractivity contribution in [1.82, 2.24) is 9.97 Å². The molecule has 1 aliphatic carbocycles. The second-order valence-corrected chi connectivity index (χ2v) is 5.69. The highest BCUT2D eigenvalue weighted by atomic mass is 15.2. The van der Waals surface area contributed by atoms with Crippen LogP contribution in [0.2, 0.25) is 0 Å². The van der Waals surface area contributed by atoms with Gasteiger partial charge in [-0.05, 0) is 32.6 Å². The van der Waals surface area contributed by atoms with Gasteiger partial charge in [0.2, 0.25) is 0 Å². The number of hydrogen-bond donors (Lipinski definition) is 2. The van der Waals surface area contributed by atoms with E-state index < -0.39 is 0 Å². The third kappa shape index (κ3) is 4.06. The molecule has 19 heavy (non-hydrogen) atoms. The second kappa shape index (κ2) is 6.19. The number of nitrogens with two attached hydrogens (primary N) is 1. The Morgan fingerprint density at radius 2 is 2.21 bits per heavy atom. The van der Waals surface area contributed by atoms with Crippen molar-refractivity contribution in [2.24, 2.45) is 11.7 Å². The van der Waals surface area contributed by atoms with Crippen molar-refractivity contribution in [3.63, 3.8) is 0 Å². The summed E-state index contributed by atoms with van der Waals surface area (Å²) in [7, 11) is 2.11. The van der Waals surface area contributed by atoms with Gasteiger partial charge in [0.15, 0.2) is 0 Å². The van der Waals surface area contributed by atoms with Gasteiger partial charge in [-0.25, -0.2) is 9.97 Å². The van der Waals surface area contributed by atoms with Gasteiger partial charge in [0.05, 0.1) is 0 Å². The summed E-state index contributed by atoms with van der Waals surface area (Å²) < 4.78 is 0. The maximum atomic E-state index is 5.75. The van der Waals surface area contributed by atoms with E-state index >= 15 is 0 Å². The Hall–Kier alpha value is -1.36. The Labute approximate surface area is 115 Å². The van der Waals surface area contributed by atoms with Crippen LogP contribution in [0.3, 0.4) is 0 Å². The van der Waals surface area contributed by atoms with Crippen LogP contribution in [0.5, 0.6) is 0 Å². The number of anilines is 2. The third-order valence-electron chi connectivity index (χ3n) is 3.58. The zero-order valence-corrected chi connectivity index (χ0v) is 12.2. The molecule has 0 aromatic carbocycles. The summed E-state index contributed by atoms with van der Waals surface area (Å²) in [4.78, 5) is 11.1. The number of rotatable bonds is 6. The van der Waals surface area contributed by atoms with Crippen molar-refractivity contribution in [3.05, 3.63) is 11.9 Å². The Morgan fingerprint density at radius 3 is 2.79 bits per heavy atom. The monoisotopic (exact) mass is 263 g/mol. The first-order valence-corrected chi connectivity index (χ1v) is 7.11. The van der Waals surface area contributed by atoms with Gasteiger partial charge >= 0.3 is 0 Å². The highest BCUT2D eigenvalue weighted by Gasteiger charge is 2.20. The normalized spacial score (nSPS) is 16.8. The molecule has 5 heteroatoms. The molecule has 0 saturated heterocycles. The fourth-order valence-corrected chi connectivity index (χ4v) is 2.26. The smallest absolute Gasteiger partial charge is 0.134 e. The van der Waals surface area contributed by atoms with Crippen LogP contribution in [0, 0.1) is 12.8 Å². The molecule has 1 atom stereocenters. The van der Waals surface area contributed by atoms with Gasteiger partial charge in [-0.3, -0.25) is 0 Å². The first-order valence-electron chi connectivity index (χ1n) is 7.11. The van der Waals surface area contributed by atoms with E-state index in [0.29, 0.717) is 0 Å². The first kappa shape index (κ1) is 14.1. The molecule has 1 aliphatic rings. The van der Waals surface area contributed by atoms with Crippen LogP contribution in [-0.4, -0.2) is 36.1 Å². The average molecular weight is 263 g/mol. The van der Waals surface area contributed by atoms with E-state index in [2.05, 4.69) is 27.2 Å². The molecular formula is C14H25N5. The fourth-order valence-electron chi connectivity index (χ4n) is 2.26. The van der Waals surface area contributed by atoms with Crippen LogP contribution >= 0.6 is 0 Å². The van der Waals surface area contributed by atoms with Gasteiger partial charge in [0, 0.05) is 32.2 Å². The zero-order chi connectivity index (χ0) is 13.8. The Balaban J connectivity index is 2.02. The van der Waals surface area contributed by atoms with Crippen LogP contribution in [0.4, 0.5) is 11.6 Å². The molecule has 0 bridgehead atoms. The summed E-state index contributed by atoms with van der Waals surface area (Å²) in [5, 5.41) is 3.26. The lowest BCUT2D eigenvalue weighted by molar-refractivity contribution is 0.321. The second-order valence-electron chi connectivity index (χ2n) is 5.69. The van der Waals surface area contributed by atoms with Crippen molar-refractivity contribution in [1.29, 1.82) is 0 Å². The molecule has 1 aromatic heterocycles. The molecule has 1 heterocycles. The van der Waals surface area contributed by atoms with Gasteiger partial charge in [-0.1, -0.05) is 6.42 Å². The standard InChI is InChI=1S/C14H25N5/c1-10(15)8-16-13-7-14(18-11(2)17-13)19(3)9-12-5-4-6-12/h7,10,12H,4-6,8-9,15H2,1-3H3,(H,16,17,18). The summed E-state index contributed by atoms with van der Waals surface area (Å²) in [6.07, 6.45) is 4.08. The molecule has 1 saturated carbocycles. The maximum Gasteiger partial charge on any atom is 0.134 e. The van der Waals surface area contributed by atoms with Crippen molar-refractivity contribution >= 4 is 11.6 Å². The van der Waals surface area contributed by atoms with Gasteiger partial charge in [0.25, 0.3) is 0 Å². The van der Waals surface area contributed by atoms with Crippen LogP contribution < -0.4 is 16.0 Å². The van der Waals surface area contributed by atoms with E-state index in [9.17, 15) is 0 Å². The van der Waals surface area contributed by atoms with Crippen molar-refractivity contribution in [3.8, 4) is 0 Å². The molecule has 1 fully saturated rings. The predicted octanol–water partition coefficient (Wildman–Crippen LogP) is 1.78. The molecule has 1 aromatic rings. The van der Waals surface area contributed by atoms with E-state index in [-0.39, 0.29) is 6.04 Å². The molecule has 0 amide bonds. The minimum Gasteiger partial charge on any atom is -0.368 e. The van der Waals surface area contributed by atoms with Gasteiger partial charge in [-0.15, -0.1) is 0 Å². The van der Waals surface area contributed by atoms with Gasteiger partial charge in [0.1, 0.15) is 17.5 Å². The van der Waals surface area contributed by atoms with Gasteiger partial charge < -0.3 is 16.0 Å². The Morgan fingerprint density at radius 1 is 1.47 bits per heavy atom. The summed E-state index contributed by atoms with van der Waals surface area (Å²) >= 11 is 0. The van der Waals surface area contributed by atoms with Crippen LogP contribution in [-0.2, 0) is 0 Å². The van der Waals surface area contributed by atoms with Gasteiger partial charge in [-0.2, -0.15) is 0 Å². The molecule has 2 rings (SSSR count). The molecule has 106 valence electrons. The molecule has 0 radical (unpaired) electrons. The lowest BCUT2D eigenvalue weighted by Gasteiger charge is -2.30.